The predicted octanol–water partition coefficient (Wildman–Crippen LogP) is 2.12. The molecule has 0 aliphatic heterocycles. The van der Waals surface area contributed by atoms with Crippen LogP contribution in [0.25, 0.3) is 0 Å². The highest BCUT2D eigenvalue weighted by atomic mass is 16.5. The van der Waals surface area contributed by atoms with Crippen molar-refractivity contribution in [2.75, 3.05) is 7.11 Å². The first-order chi connectivity index (χ1) is 9.54. The van der Waals surface area contributed by atoms with Crippen molar-refractivity contribution < 1.29 is 24.5 Å². The van der Waals surface area contributed by atoms with Crippen molar-refractivity contribution in [2.45, 2.75) is 0 Å². The summed E-state index contributed by atoms with van der Waals surface area (Å²) in [5.74, 6) is -1.61. The van der Waals surface area contributed by atoms with Gasteiger partial charge in [-0.15, -0.1) is 0 Å². The molecule has 0 saturated carbocycles. The van der Waals surface area contributed by atoms with E-state index in [9.17, 15) is 19.8 Å². The van der Waals surface area contributed by atoms with Gasteiger partial charge >= 0.3 is 5.97 Å². The Kier molecular flexibility index (Phi) is 3.70. The minimum absolute atomic E-state index is 0.103. The summed E-state index contributed by atoms with van der Waals surface area (Å²) in [5, 5.41) is 19.2. The van der Waals surface area contributed by atoms with Gasteiger partial charge in [0.15, 0.2) is 5.78 Å². The molecule has 0 aliphatic carbocycles. The highest BCUT2D eigenvalue weighted by Gasteiger charge is 2.18. The van der Waals surface area contributed by atoms with Crippen LogP contribution in [-0.4, -0.2) is 29.1 Å². The fraction of sp³-hybridized carbons (Fsp3) is 0.0667. The van der Waals surface area contributed by atoms with Crippen LogP contribution in [0.4, 0.5) is 0 Å². The summed E-state index contributed by atoms with van der Waals surface area (Å²) < 4.78 is 4.52. The molecule has 2 N–H and O–H groups in total. The number of carbonyl (C=O) groups is 2. The lowest BCUT2D eigenvalue weighted by Gasteiger charge is -2.07. The first kappa shape index (κ1) is 13.6. The van der Waals surface area contributed by atoms with Crippen molar-refractivity contribution in [3.05, 3.63) is 59.2 Å². The maximum Gasteiger partial charge on any atom is 0.341 e. The van der Waals surface area contributed by atoms with Gasteiger partial charge in [0.1, 0.15) is 17.1 Å². The average molecular weight is 272 g/mol. The van der Waals surface area contributed by atoms with Crippen LogP contribution in [0.5, 0.6) is 11.5 Å². The Hall–Kier alpha value is -2.82. The first-order valence-electron chi connectivity index (χ1n) is 5.78. The number of ether oxygens (including phenoxy) is 1. The number of methoxy groups -OCH3 is 1. The Labute approximate surface area is 115 Å². The number of phenolic OH excluding ortho intramolecular Hbond substituents is 2. The number of carbonyl (C=O) groups excluding carboxylic acids is 2. The second kappa shape index (κ2) is 5.44. The molecule has 0 radical (unpaired) electrons. The first-order valence-corrected chi connectivity index (χ1v) is 5.78. The summed E-state index contributed by atoms with van der Waals surface area (Å²) in [6.45, 7) is 0. The molecule has 0 fully saturated rings. The number of ketones is 1. The van der Waals surface area contributed by atoms with E-state index < -0.39 is 11.8 Å². The van der Waals surface area contributed by atoms with Crippen molar-refractivity contribution in [3.8, 4) is 11.5 Å². The van der Waals surface area contributed by atoms with E-state index in [1.54, 1.807) is 12.1 Å². The van der Waals surface area contributed by atoms with Crippen LogP contribution in [0.3, 0.4) is 0 Å². The normalized spacial score (nSPS) is 10.1. The van der Waals surface area contributed by atoms with Crippen molar-refractivity contribution in [1.82, 2.24) is 0 Å². The van der Waals surface area contributed by atoms with Crippen LogP contribution in [0, 0.1) is 0 Å². The van der Waals surface area contributed by atoms with Crippen LogP contribution >= 0.6 is 0 Å². The number of para-hydroxylation sites is 1. The molecular formula is C15H12O5. The van der Waals surface area contributed by atoms with Gasteiger partial charge in [-0.05, 0) is 30.3 Å². The number of aromatic hydroxyl groups is 2. The fourth-order valence-electron chi connectivity index (χ4n) is 1.77. The lowest BCUT2D eigenvalue weighted by Crippen LogP contribution is -2.06. The van der Waals surface area contributed by atoms with Gasteiger partial charge in [-0.2, -0.15) is 0 Å². The van der Waals surface area contributed by atoms with Crippen LogP contribution < -0.4 is 0 Å². The number of benzene rings is 2. The monoisotopic (exact) mass is 272 g/mol. The third kappa shape index (κ3) is 2.47. The third-order valence-corrected chi connectivity index (χ3v) is 2.81. The Bertz CT molecular complexity index is 676. The fourth-order valence-corrected chi connectivity index (χ4v) is 1.77. The topological polar surface area (TPSA) is 83.8 Å². The minimum atomic E-state index is -0.741. The van der Waals surface area contributed by atoms with E-state index in [2.05, 4.69) is 4.74 Å². The van der Waals surface area contributed by atoms with E-state index >= 15 is 0 Å². The Morgan fingerprint density at radius 2 is 1.60 bits per heavy atom. The van der Waals surface area contributed by atoms with Crippen LogP contribution in [0.2, 0.25) is 0 Å². The van der Waals surface area contributed by atoms with Crippen molar-refractivity contribution >= 4 is 11.8 Å². The van der Waals surface area contributed by atoms with Crippen LogP contribution in [0.1, 0.15) is 26.3 Å². The molecule has 20 heavy (non-hydrogen) atoms. The Morgan fingerprint density at radius 1 is 0.950 bits per heavy atom. The van der Waals surface area contributed by atoms with Gasteiger partial charge in [-0.25, -0.2) is 4.79 Å². The van der Waals surface area contributed by atoms with Crippen molar-refractivity contribution in [2.24, 2.45) is 0 Å². The average Bonchev–Trinajstić information content (AvgIpc) is 2.47. The van der Waals surface area contributed by atoms with Gasteiger partial charge in [0.05, 0.1) is 12.7 Å². The molecule has 2 aromatic carbocycles. The quantitative estimate of drug-likeness (QED) is 0.660. The van der Waals surface area contributed by atoms with Crippen molar-refractivity contribution in [3.63, 3.8) is 0 Å². The summed E-state index contributed by atoms with van der Waals surface area (Å²) >= 11 is 0. The molecule has 0 aromatic heterocycles. The molecule has 0 bridgehead atoms. The standard InChI is InChI=1S/C15H12O5/c1-20-15(19)11-8-9(6-7-13(11)17)14(18)10-4-2-3-5-12(10)16/h2-8,16-17H,1H3. The molecule has 2 aromatic rings. The SMILES string of the molecule is COC(=O)c1cc(C(=O)c2ccccc2O)ccc1O. The molecular weight excluding hydrogens is 260 g/mol. The van der Waals surface area contributed by atoms with Crippen LogP contribution in [0.15, 0.2) is 42.5 Å². The van der Waals surface area contributed by atoms with Crippen LogP contribution in [-0.2, 0) is 4.74 Å². The molecule has 0 amide bonds. The summed E-state index contributed by atoms with van der Waals surface area (Å²) in [6.07, 6.45) is 0. The molecule has 0 aliphatic rings. The van der Waals surface area contributed by atoms with E-state index in [0.29, 0.717) is 0 Å². The number of phenols is 2. The molecule has 0 heterocycles. The molecule has 0 unspecified atom stereocenters. The maximum absolute atomic E-state index is 12.2. The summed E-state index contributed by atoms with van der Waals surface area (Å²) in [4.78, 5) is 23.7. The largest absolute Gasteiger partial charge is 0.507 e. The number of hydrogen-bond acceptors (Lipinski definition) is 5. The second-order valence-electron chi connectivity index (χ2n) is 4.07. The highest BCUT2D eigenvalue weighted by molar-refractivity contribution is 6.11. The predicted molar refractivity (Wildman–Crippen MR) is 71.0 cm³/mol. The number of esters is 1. The summed E-state index contributed by atoms with van der Waals surface area (Å²) in [5.41, 5.74) is 0.187. The molecule has 2 rings (SSSR count). The zero-order chi connectivity index (χ0) is 14.7. The molecule has 5 nitrogen and oxygen atoms in total. The smallest absolute Gasteiger partial charge is 0.341 e. The molecule has 102 valence electrons. The van der Waals surface area contributed by atoms with Gasteiger partial charge < -0.3 is 14.9 Å². The lowest BCUT2D eigenvalue weighted by molar-refractivity contribution is 0.0597. The maximum atomic E-state index is 12.2. The number of hydrogen-bond donors (Lipinski definition) is 2. The molecule has 0 atom stereocenters. The second-order valence-corrected chi connectivity index (χ2v) is 4.07. The van der Waals surface area contributed by atoms with E-state index in [1.807, 2.05) is 0 Å². The molecule has 0 spiro atoms. The van der Waals surface area contributed by atoms with Gasteiger partial charge in [-0.3, -0.25) is 4.79 Å². The number of rotatable bonds is 3. The van der Waals surface area contributed by atoms with E-state index in [4.69, 9.17) is 0 Å². The molecule has 0 saturated heterocycles. The zero-order valence-electron chi connectivity index (χ0n) is 10.7. The Morgan fingerprint density at radius 3 is 2.25 bits per heavy atom. The third-order valence-electron chi connectivity index (χ3n) is 2.81. The van der Waals surface area contributed by atoms with Crippen molar-refractivity contribution in [1.29, 1.82) is 0 Å². The zero-order valence-corrected chi connectivity index (χ0v) is 10.7. The van der Waals surface area contributed by atoms with E-state index in [1.165, 1.54) is 37.4 Å². The highest BCUT2D eigenvalue weighted by Crippen LogP contribution is 2.24. The Balaban J connectivity index is 2.46. The van der Waals surface area contributed by atoms with Gasteiger partial charge in [0.2, 0.25) is 0 Å². The lowest BCUT2D eigenvalue weighted by atomic mass is 10.00. The van der Waals surface area contributed by atoms with E-state index in [0.717, 1.165) is 0 Å². The summed E-state index contributed by atoms with van der Waals surface area (Å²) in [6, 6.07) is 9.93. The van der Waals surface area contributed by atoms with Gasteiger partial charge in [-0.1, -0.05) is 12.1 Å². The van der Waals surface area contributed by atoms with Gasteiger partial charge in [0.25, 0.3) is 0 Å². The molecule has 5 heteroatoms. The summed E-state index contributed by atoms with van der Waals surface area (Å²) in [7, 11) is 1.18. The van der Waals surface area contributed by atoms with E-state index in [-0.39, 0.29) is 28.2 Å². The minimum Gasteiger partial charge on any atom is -0.507 e. The van der Waals surface area contributed by atoms with Gasteiger partial charge in [0, 0.05) is 5.56 Å².